The van der Waals surface area contributed by atoms with Gasteiger partial charge in [-0.1, -0.05) is 0 Å². The van der Waals surface area contributed by atoms with Crippen molar-refractivity contribution in [3.63, 3.8) is 0 Å². The van der Waals surface area contributed by atoms with Crippen molar-refractivity contribution in [2.75, 3.05) is 26.2 Å². The van der Waals surface area contributed by atoms with Gasteiger partial charge in [-0.3, -0.25) is 9.80 Å². The minimum Gasteiger partial charge on any atom is -0.465 e. The third-order valence-electron chi connectivity index (χ3n) is 4.48. The molecule has 1 N–H and O–H groups in total. The van der Waals surface area contributed by atoms with Crippen molar-refractivity contribution in [1.29, 1.82) is 0 Å². The quantitative estimate of drug-likeness (QED) is 0.887. The summed E-state index contributed by atoms with van der Waals surface area (Å²) in [5.41, 5.74) is 0. The average molecular weight is 318 g/mol. The fourth-order valence-corrected chi connectivity index (χ4v) is 3.29. The zero-order valence-electron chi connectivity index (χ0n) is 14.0. The molecule has 23 heavy (non-hydrogen) atoms. The van der Waals surface area contributed by atoms with Crippen LogP contribution in [0.1, 0.15) is 29.5 Å². The maximum Gasteiger partial charge on any atom is 0.118 e. The smallest absolute Gasteiger partial charge is 0.118 e. The van der Waals surface area contributed by atoms with Crippen LogP contribution in [0.15, 0.2) is 33.1 Å². The molecule has 1 aliphatic rings. The number of aliphatic hydroxyl groups excluding tert-OH is 1. The van der Waals surface area contributed by atoms with Crippen molar-refractivity contribution in [2.24, 2.45) is 0 Å². The second-order valence-corrected chi connectivity index (χ2v) is 6.40. The fraction of sp³-hybridized carbons (Fsp3) is 0.556. The molecule has 0 aliphatic carbocycles. The van der Waals surface area contributed by atoms with E-state index in [9.17, 15) is 5.11 Å². The topological polar surface area (TPSA) is 53.0 Å². The number of nitrogens with zero attached hydrogens (tertiary/aromatic N) is 2. The first kappa shape index (κ1) is 16.3. The van der Waals surface area contributed by atoms with Crippen LogP contribution in [-0.2, 0) is 13.1 Å². The summed E-state index contributed by atoms with van der Waals surface area (Å²) >= 11 is 0. The number of hydrogen-bond donors (Lipinski definition) is 1. The molecule has 5 heteroatoms. The SMILES string of the molecule is Cc1ccc(CN2CCN(Cc3ccc(C)o3)[C@@H](CCO)C2)o1. The Kier molecular flexibility index (Phi) is 5.20. The molecule has 0 saturated carbocycles. The highest BCUT2D eigenvalue weighted by molar-refractivity contribution is 5.07. The van der Waals surface area contributed by atoms with Crippen molar-refractivity contribution >= 4 is 0 Å². The van der Waals surface area contributed by atoms with E-state index in [1.54, 1.807) is 0 Å². The van der Waals surface area contributed by atoms with E-state index in [1.807, 2.05) is 38.1 Å². The first-order valence-corrected chi connectivity index (χ1v) is 8.32. The van der Waals surface area contributed by atoms with Gasteiger partial charge in [-0.2, -0.15) is 0 Å². The van der Waals surface area contributed by atoms with E-state index in [4.69, 9.17) is 8.83 Å². The van der Waals surface area contributed by atoms with E-state index in [0.29, 0.717) is 6.04 Å². The lowest BCUT2D eigenvalue weighted by Gasteiger charge is -2.40. The minimum absolute atomic E-state index is 0.214. The molecule has 3 rings (SSSR count). The summed E-state index contributed by atoms with van der Waals surface area (Å²) in [6, 6.07) is 8.45. The fourth-order valence-electron chi connectivity index (χ4n) is 3.29. The maximum atomic E-state index is 9.40. The number of aryl methyl sites for hydroxylation is 2. The summed E-state index contributed by atoms with van der Waals surface area (Å²) in [5.74, 6) is 3.92. The molecular weight excluding hydrogens is 292 g/mol. The Morgan fingerprint density at radius 2 is 1.65 bits per heavy atom. The van der Waals surface area contributed by atoms with Gasteiger partial charge in [-0.05, 0) is 44.5 Å². The van der Waals surface area contributed by atoms with Gasteiger partial charge in [0, 0.05) is 32.3 Å². The normalized spacial score (nSPS) is 20.2. The highest BCUT2D eigenvalue weighted by Crippen LogP contribution is 2.20. The van der Waals surface area contributed by atoms with Crippen molar-refractivity contribution < 1.29 is 13.9 Å². The maximum absolute atomic E-state index is 9.40. The lowest BCUT2D eigenvalue weighted by molar-refractivity contribution is 0.0423. The highest BCUT2D eigenvalue weighted by Gasteiger charge is 2.27. The molecule has 0 bridgehead atoms. The van der Waals surface area contributed by atoms with Gasteiger partial charge in [0.05, 0.1) is 13.1 Å². The lowest BCUT2D eigenvalue weighted by Crippen LogP contribution is -2.52. The molecule has 2 aromatic heterocycles. The first-order chi connectivity index (χ1) is 11.1. The summed E-state index contributed by atoms with van der Waals surface area (Å²) < 4.78 is 11.4. The van der Waals surface area contributed by atoms with Crippen LogP contribution in [-0.4, -0.2) is 47.2 Å². The Hall–Kier alpha value is -1.56. The molecule has 1 saturated heterocycles. The van der Waals surface area contributed by atoms with Gasteiger partial charge in [0.2, 0.25) is 0 Å². The molecule has 1 fully saturated rings. The van der Waals surface area contributed by atoms with Crippen molar-refractivity contribution in [3.8, 4) is 0 Å². The van der Waals surface area contributed by atoms with Gasteiger partial charge in [-0.15, -0.1) is 0 Å². The Bertz CT molecular complexity index is 619. The second kappa shape index (κ2) is 7.34. The summed E-state index contributed by atoms with van der Waals surface area (Å²) in [6.07, 6.45) is 0.785. The van der Waals surface area contributed by atoms with Gasteiger partial charge in [0.25, 0.3) is 0 Å². The van der Waals surface area contributed by atoms with Gasteiger partial charge in [0.1, 0.15) is 23.0 Å². The summed E-state index contributed by atoms with van der Waals surface area (Å²) in [7, 11) is 0. The number of piperazine rings is 1. The Balaban J connectivity index is 1.60. The zero-order chi connectivity index (χ0) is 16.2. The van der Waals surface area contributed by atoms with Crippen LogP contribution in [0.5, 0.6) is 0 Å². The third-order valence-corrected chi connectivity index (χ3v) is 4.48. The van der Waals surface area contributed by atoms with E-state index in [0.717, 1.165) is 62.2 Å². The molecule has 0 unspecified atom stereocenters. The third kappa shape index (κ3) is 4.25. The summed E-state index contributed by atoms with van der Waals surface area (Å²) in [4.78, 5) is 4.82. The predicted octanol–water partition coefficient (Wildman–Crippen LogP) is 2.56. The van der Waals surface area contributed by atoms with Crippen LogP contribution < -0.4 is 0 Å². The van der Waals surface area contributed by atoms with Crippen molar-refractivity contribution in [2.45, 2.75) is 39.4 Å². The number of aliphatic hydroxyl groups is 1. The largest absolute Gasteiger partial charge is 0.465 e. The van der Waals surface area contributed by atoms with Crippen LogP contribution in [0.25, 0.3) is 0 Å². The van der Waals surface area contributed by atoms with E-state index in [-0.39, 0.29) is 6.61 Å². The highest BCUT2D eigenvalue weighted by atomic mass is 16.3. The molecular formula is C18H26N2O3. The van der Waals surface area contributed by atoms with Crippen molar-refractivity contribution in [3.05, 3.63) is 47.3 Å². The lowest BCUT2D eigenvalue weighted by atomic mass is 10.1. The molecule has 0 amide bonds. The Morgan fingerprint density at radius 3 is 2.22 bits per heavy atom. The number of furan rings is 2. The van der Waals surface area contributed by atoms with E-state index in [1.165, 1.54) is 0 Å². The molecule has 0 aromatic carbocycles. The van der Waals surface area contributed by atoms with Crippen LogP contribution in [0.4, 0.5) is 0 Å². The van der Waals surface area contributed by atoms with Gasteiger partial charge < -0.3 is 13.9 Å². The minimum atomic E-state index is 0.214. The monoisotopic (exact) mass is 318 g/mol. The predicted molar refractivity (Wildman–Crippen MR) is 88.1 cm³/mol. The summed E-state index contributed by atoms with van der Waals surface area (Å²) in [5, 5.41) is 9.40. The Morgan fingerprint density at radius 1 is 1.00 bits per heavy atom. The van der Waals surface area contributed by atoms with Crippen LogP contribution in [0.3, 0.4) is 0 Å². The molecule has 0 radical (unpaired) electrons. The van der Waals surface area contributed by atoms with Gasteiger partial charge >= 0.3 is 0 Å². The van der Waals surface area contributed by atoms with E-state index in [2.05, 4.69) is 9.80 Å². The van der Waals surface area contributed by atoms with Gasteiger partial charge in [0.15, 0.2) is 0 Å². The molecule has 1 aliphatic heterocycles. The standard InChI is InChI=1S/C18H26N2O3/c1-14-3-5-17(22-14)12-19-8-9-20(16(11-19)7-10-21)13-18-6-4-15(2)23-18/h3-6,16,21H,7-13H2,1-2H3/t16-/m0/s1. The van der Waals surface area contributed by atoms with Gasteiger partial charge in [-0.25, -0.2) is 0 Å². The molecule has 126 valence electrons. The van der Waals surface area contributed by atoms with Crippen LogP contribution >= 0.6 is 0 Å². The van der Waals surface area contributed by atoms with Crippen LogP contribution in [0, 0.1) is 13.8 Å². The molecule has 1 atom stereocenters. The number of rotatable bonds is 6. The summed E-state index contributed by atoms with van der Waals surface area (Å²) in [6.45, 7) is 8.73. The Labute approximate surface area is 137 Å². The average Bonchev–Trinajstić information content (AvgIpc) is 3.11. The van der Waals surface area contributed by atoms with E-state index < -0.39 is 0 Å². The molecule has 2 aromatic rings. The first-order valence-electron chi connectivity index (χ1n) is 8.32. The molecule has 5 nitrogen and oxygen atoms in total. The van der Waals surface area contributed by atoms with Crippen molar-refractivity contribution in [1.82, 2.24) is 9.80 Å². The van der Waals surface area contributed by atoms with Crippen LogP contribution in [0.2, 0.25) is 0 Å². The zero-order valence-corrected chi connectivity index (χ0v) is 14.0. The van der Waals surface area contributed by atoms with E-state index >= 15 is 0 Å². The second-order valence-electron chi connectivity index (χ2n) is 6.40. The molecule has 3 heterocycles. The molecule has 0 spiro atoms. The number of hydrogen-bond acceptors (Lipinski definition) is 5.